The molecule has 4 aliphatic heterocycles. The van der Waals surface area contributed by atoms with Gasteiger partial charge >= 0.3 is 0 Å². The number of anilines is 2. The molecule has 3 saturated heterocycles. The number of nitrogens with zero attached hydrogens (tertiary/aromatic N) is 11. The van der Waals surface area contributed by atoms with Gasteiger partial charge in [0.25, 0.3) is 0 Å². The van der Waals surface area contributed by atoms with Crippen molar-refractivity contribution in [3.05, 3.63) is 59.8 Å². The Bertz CT molecular complexity index is 1960. The van der Waals surface area contributed by atoms with Crippen molar-refractivity contribution in [2.75, 3.05) is 55.6 Å². The van der Waals surface area contributed by atoms with Crippen molar-refractivity contribution >= 4 is 39.8 Å². The molecule has 4 aromatic heterocycles. The SMILES string of the molecule is CC(C)Oc1ccc(C2=NCc3ccc(N4CC[C@]5(CCN(CC(=O)N6CCN(c7ncc(-c8ncn(C)n8)s7)CC6C)C5)C4=O)nc32)cn1. The van der Waals surface area contributed by atoms with Gasteiger partial charge in [-0.05, 0) is 52.3 Å². The molecule has 0 bridgehead atoms. The third-order valence-electron chi connectivity index (χ3n) is 10.1. The lowest BCUT2D eigenvalue weighted by atomic mass is 9.85. The van der Waals surface area contributed by atoms with Crippen LogP contribution in [-0.2, 0) is 23.2 Å². The highest BCUT2D eigenvalue weighted by molar-refractivity contribution is 7.18. The zero-order chi connectivity index (χ0) is 34.6. The average Bonchev–Trinajstić information content (AvgIpc) is 3.94. The molecule has 50 heavy (non-hydrogen) atoms. The largest absolute Gasteiger partial charge is 0.475 e. The summed E-state index contributed by atoms with van der Waals surface area (Å²) in [6.45, 7) is 10.9. The van der Waals surface area contributed by atoms with Gasteiger partial charge in [0.15, 0.2) is 11.0 Å². The van der Waals surface area contributed by atoms with Crippen molar-refractivity contribution < 1.29 is 14.3 Å². The summed E-state index contributed by atoms with van der Waals surface area (Å²) in [4.78, 5) is 59.9. The summed E-state index contributed by atoms with van der Waals surface area (Å²) in [5.74, 6) is 2.10. The zero-order valence-corrected chi connectivity index (χ0v) is 29.6. The normalized spacial score (nSPS) is 22.3. The van der Waals surface area contributed by atoms with E-state index < -0.39 is 5.41 Å². The molecule has 3 fully saturated rings. The van der Waals surface area contributed by atoms with E-state index in [9.17, 15) is 9.59 Å². The van der Waals surface area contributed by atoms with Crippen LogP contribution in [0, 0.1) is 5.41 Å². The summed E-state index contributed by atoms with van der Waals surface area (Å²) >= 11 is 1.57. The van der Waals surface area contributed by atoms with E-state index in [2.05, 4.69) is 36.8 Å². The molecular weight excluding hydrogens is 655 g/mol. The molecule has 15 heteroatoms. The van der Waals surface area contributed by atoms with Gasteiger partial charge in [0.1, 0.15) is 12.1 Å². The number of ether oxygens (including phenoxy) is 1. The van der Waals surface area contributed by atoms with Crippen molar-refractivity contribution in [1.82, 2.24) is 39.5 Å². The number of rotatable bonds is 8. The van der Waals surface area contributed by atoms with Crippen LogP contribution in [0.1, 0.15) is 50.4 Å². The Kier molecular flexibility index (Phi) is 8.34. The standard InChI is InChI=1S/C35H41N11O3S/c1-22(2)49-28-8-6-24(15-36-28)30-31-25(16-37-30)5-7-27(40-31)46-12-10-35(33(46)48)9-11-43(20-35)19-29(47)45-14-13-44(18-23(45)3)34-38-17-26(50-34)32-39-21-42(4)41-32/h5-8,15,17,21-23H,9-14,16,18-20H2,1-4H3/t23?,35-/m0/s1. The van der Waals surface area contributed by atoms with Crippen LogP contribution in [0.5, 0.6) is 5.88 Å². The summed E-state index contributed by atoms with van der Waals surface area (Å²) in [6.07, 6.45) is 6.80. The summed E-state index contributed by atoms with van der Waals surface area (Å²) in [6, 6.07) is 7.81. The highest BCUT2D eigenvalue weighted by Crippen LogP contribution is 2.42. The van der Waals surface area contributed by atoms with Gasteiger partial charge in [0.05, 0.1) is 47.1 Å². The van der Waals surface area contributed by atoms with E-state index in [1.807, 2.05) is 61.2 Å². The summed E-state index contributed by atoms with van der Waals surface area (Å²) in [5.41, 5.74) is 2.99. The number of aromatic nitrogens is 6. The third-order valence-corrected chi connectivity index (χ3v) is 11.1. The lowest BCUT2D eigenvalue weighted by molar-refractivity contribution is -0.135. The first-order valence-corrected chi connectivity index (χ1v) is 18.1. The Hall–Kier alpha value is -4.76. The maximum atomic E-state index is 14.0. The van der Waals surface area contributed by atoms with Crippen LogP contribution in [0.2, 0.25) is 0 Å². The molecule has 0 saturated carbocycles. The van der Waals surface area contributed by atoms with Crippen molar-refractivity contribution in [2.24, 2.45) is 17.5 Å². The number of carbonyl (C=O) groups excluding carboxylic acids is 2. The smallest absolute Gasteiger partial charge is 0.237 e. The summed E-state index contributed by atoms with van der Waals surface area (Å²) in [7, 11) is 1.85. The predicted molar refractivity (Wildman–Crippen MR) is 190 cm³/mol. The number of carbonyl (C=O) groups is 2. The summed E-state index contributed by atoms with van der Waals surface area (Å²) in [5, 5.41) is 5.30. The molecule has 8 heterocycles. The molecule has 0 aromatic carbocycles. The molecule has 4 aliphatic rings. The van der Waals surface area contributed by atoms with Crippen LogP contribution in [0.3, 0.4) is 0 Å². The molecule has 260 valence electrons. The minimum absolute atomic E-state index is 0.0400. The monoisotopic (exact) mass is 695 g/mol. The molecular formula is C35H41N11O3S. The number of aliphatic imine (C=N–C) groups is 1. The number of aryl methyl sites for hydroxylation is 1. The molecule has 2 atom stereocenters. The van der Waals surface area contributed by atoms with Gasteiger partial charge in [-0.25, -0.2) is 19.9 Å². The molecule has 4 aromatic rings. The third kappa shape index (κ3) is 6.02. The van der Waals surface area contributed by atoms with Gasteiger partial charge in [0, 0.05) is 69.2 Å². The maximum absolute atomic E-state index is 14.0. The molecule has 14 nitrogen and oxygen atoms in total. The lowest BCUT2D eigenvalue weighted by Gasteiger charge is -2.40. The Morgan fingerprint density at radius 1 is 1.06 bits per heavy atom. The van der Waals surface area contributed by atoms with Crippen molar-refractivity contribution in [3.8, 4) is 16.6 Å². The fourth-order valence-corrected chi connectivity index (χ4v) is 8.41. The number of piperazine rings is 1. The van der Waals surface area contributed by atoms with Gasteiger partial charge in [-0.3, -0.25) is 29.1 Å². The van der Waals surface area contributed by atoms with Gasteiger partial charge in [0.2, 0.25) is 17.7 Å². The highest BCUT2D eigenvalue weighted by Gasteiger charge is 2.51. The number of hydrogen-bond donors (Lipinski definition) is 0. The molecule has 0 aliphatic carbocycles. The van der Waals surface area contributed by atoms with Crippen LogP contribution >= 0.6 is 11.3 Å². The first-order chi connectivity index (χ1) is 24.2. The van der Waals surface area contributed by atoms with Crippen LogP contribution in [-0.4, -0.2) is 115 Å². The van der Waals surface area contributed by atoms with E-state index in [4.69, 9.17) is 14.7 Å². The van der Waals surface area contributed by atoms with Gasteiger partial charge in [-0.2, -0.15) is 5.10 Å². The Balaban J connectivity index is 0.879. The Morgan fingerprint density at radius 3 is 2.68 bits per heavy atom. The van der Waals surface area contributed by atoms with Crippen LogP contribution in [0.4, 0.5) is 10.9 Å². The minimum atomic E-state index is -0.497. The lowest BCUT2D eigenvalue weighted by Crippen LogP contribution is -2.56. The maximum Gasteiger partial charge on any atom is 0.237 e. The van der Waals surface area contributed by atoms with E-state index >= 15 is 0 Å². The summed E-state index contributed by atoms with van der Waals surface area (Å²) < 4.78 is 7.38. The number of hydrogen-bond acceptors (Lipinski definition) is 12. The molecule has 1 unspecified atom stereocenters. The van der Waals surface area contributed by atoms with E-state index in [1.165, 1.54) is 0 Å². The van der Waals surface area contributed by atoms with Crippen molar-refractivity contribution in [3.63, 3.8) is 0 Å². The highest BCUT2D eigenvalue weighted by atomic mass is 32.1. The second kappa shape index (κ2) is 12.8. The fraction of sp³-hybridized carbons (Fsp3) is 0.486. The second-order valence-electron chi connectivity index (χ2n) is 14.0. The van der Waals surface area contributed by atoms with E-state index in [0.29, 0.717) is 63.3 Å². The predicted octanol–water partition coefficient (Wildman–Crippen LogP) is 3.03. The van der Waals surface area contributed by atoms with Crippen molar-refractivity contribution in [2.45, 2.75) is 52.3 Å². The molecule has 1 spiro atoms. The first kappa shape index (κ1) is 32.4. The fourth-order valence-electron chi connectivity index (χ4n) is 7.52. The quantitative estimate of drug-likeness (QED) is 0.271. The van der Waals surface area contributed by atoms with Crippen molar-refractivity contribution in [1.29, 1.82) is 0 Å². The molecule has 2 amide bonds. The van der Waals surface area contributed by atoms with Crippen LogP contribution < -0.4 is 14.5 Å². The van der Waals surface area contributed by atoms with Gasteiger partial charge < -0.3 is 14.5 Å². The van der Waals surface area contributed by atoms with E-state index in [1.54, 1.807) is 28.5 Å². The molecule has 0 N–H and O–H groups in total. The number of thiazole rings is 1. The Labute approximate surface area is 294 Å². The van der Waals surface area contributed by atoms with E-state index in [-0.39, 0.29) is 24.0 Å². The number of fused-ring (bicyclic) bond motifs is 1. The van der Waals surface area contributed by atoms with Gasteiger partial charge in [-0.1, -0.05) is 17.4 Å². The van der Waals surface area contributed by atoms with Crippen LogP contribution in [0.15, 0.2) is 48.0 Å². The van der Waals surface area contributed by atoms with Crippen LogP contribution in [0.25, 0.3) is 10.7 Å². The topological polar surface area (TPSA) is 138 Å². The average molecular weight is 696 g/mol. The molecule has 8 rings (SSSR count). The number of pyridine rings is 2. The first-order valence-electron chi connectivity index (χ1n) is 17.2. The zero-order valence-electron chi connectivity index (χ0n) is 28.8. The number of likely N-dealkylation sites (tertiary alicyclic amines) is 1. The number of amides is 2. The Morgan fingerprint density at radius 2 is 1.92 bits per heavy atom. The second-order valence-corrected chi connectivity index (χ2v) is 15.0. The van der Waals surface area contributed by atoms with Gasteiger partial charge in [-0.15, -0.1) is 0 Å². The van der Waals surface area contributed by atoms with E-state index in [0.717, 1.165) is 51.9 Å². The minimum Gasteiger partial charge on any atom is -0.475 e. The molecule has 0 radical (unpaired) electrons.